The lowest BCUT2D eigenvalue weighted by Crippen LogP contribution is -2.18. The molecule has 1 aromatic rings. The summed E-state index contributed by atoms with van der Waals surface area (Å²) >= 11 is 0. The van der Waals surface area contributed by atoms with Gasteiger partial charge in [-0.2, -0.15) is 4.98 Å². The number of nitrogens with zero attached hydrogens (tertiary/aromatic N) is 3. The summed E-state index contributed by atoms with van der Waals surface area (Å²) in [4.78, 5) is 11.4. The Morgan fingerprint density at radius 2 is 2.05 bits per heavy atom. The summed E-state index contributed by atoms with van der Waals surface area (Å²) in [6.07, 6.45) is 3.62. The van der Waals surface area contributed by atoms with E-state index >= 15 is 0 Å². The minimum Gasteiger partial charge on any atom is -0.368 e. The van der Waals surface area contributed by atoms with Crippen molar-refractivity contribution in [2.75, 3.05) is 37.8 Å². The first kappa shape index (κ1) is 15.0. The van der Waals surface area contributed by atoms with Gasteiger partial charge in [0.2, 0.25) is 5.95 Å². The molecule has 1 aromatic heterocycles. The van der Waals surface area contributed by atoms with Gasteiger partial charge in [-0.05, 0) is 53.8 Å². The van der Waals surface area contributed by atoms with Crippen molar-refractivity contribution in [3.8, 4) is 0 Å². The quantitative estimate of drug-likeness (QED) is 0.715. The van der Waals surface area contributed by atoms with Crippen molar-refractivity contribution in [2.24, 2.45) is 0 Å². The summed E-state index contributed by atoms with van der Waals surface area (Å²) in [6, 6.07) is 2.49. The van der Waals surface area contributed by atoms with Gasteiger partial charge in [-0.3, -0.25) is 0 Å². The first-order valence-corrected chi connectivity index (χ1v) is 7.58. The second-order valence-corrected chi connectivity index (χ2v) is 6.16. The number of rotatable bonds is 8. The molecule has 0 saturated heterocycles. The van der Waals surface area contributed by atoms with Crippen LogP contribution in [0.1, 0.15) is 44.7 Å². The number of nitrogens with one attached hydrogen (secondary N) is 2. The monoisotopic (exact) mass is 277 g/mol. The SMILES string of the molecule is CC(C)Nc1cc(C2CC2)nc(NCCCN(C)C)n1. The maximum Gasteiger partial charge on any atom is 0.224 e. The Morgan fingerprint density at radius 3 is 2.65 bits per heavy atom. The van der Waals surface area contributed by atoms with Crippen LogP contribution >= 0.6 is 0 Å². The second-order valence-electron chi connectivity index (χ2n) is 6.16. The average molecular weight is 277 g/mol. The van der Waals surface area contributed by atoms with Crippen LogP contribution in [0.25, 0.3) is 0 Å². The van der Waals surface area contributed by atoms with Gasteiger partial charge in [0.25, 0.3) is 0 Å². The highest BCUT2D eigenvalue weighted by atomic mass is 15.1. The van der Waals surface area contributed by atoms with E-state index in [2.05, 4.69) is 59.5 Å². The van der Waals surface area contributed by atoms with Crippen LogP contribution in [0.4, 0.5) is 11.8 Å². The maximum absolute atomic E-state index is 4.64. The molecule has 0 atom stereocenters. The normalized spacial score (nSPS) is 14.9. The highest BCUT2D eigenvalue weighted by Crippen LogP contribution is 2.39. The third-order valence-electron chi connectivity index (χ3n) is 3.24. The Balaban J connectivity index is 1.97. The number of hydrogen-bond donors (Lipinski definition) is 2. The van der Waals surface area contributed by atoms with Gasteiger partial charge in [-0.25, -0.2) is 4.98 Å². The lowest BCUT2D eigenvalue weighted by Gasteiger charge is -2.13. The fourth-order valence-corrected chi connectivity index (χ4v) is 2.10. The topological polar surface area (TPSA) is 53.1 Å². The predicted molar refractivity (Wildman–Crippen MR) is 84.4 cm³/mol. The fourth-order valence-electron chi connectivity index (χ4n) is 2.10. The van der Waals surface area contributed by atoms with Crippen molar-refractivity contribution >= 4 is 11.8 Å². The number of aromatic nitrogens is 2. The van der Waals surface area contributed by atoms with E-state index in [0.717, 1.165) is 31.3 Å². The third kappa shape index (κ3) is 4.96. The van der Waals surface area contributed by atoms with Crippen molar-refractivity contribution in [1.82, 2.24) is 14.9 Å². The molecule has 0 amide bonds. The molecule has 1 aliphatic rings. The second kappa shape index (κ2) is 6.88. The first-order chi connectivity index (χ1) is 9.54. The van der Waals surface area contributed by atoms with Gasteiger partial charge in [-0.15, -0.1) is 0 Å². The lowest BCUT2D eigenvalue weighted by atomic mass is 10.2. The highest BCUT2D eigenvalue weighted by molar-refractivity contribution is 5.44. The molecular weight excluding hydrogens is 250 g/mol. The highest BCUT2D eigenvalue weighted by Gasteiger charge is 2.26. The Hall–Kier alpha value is -1.36. The number of anilines is 2. The van der Waals surface area contributed by atoms with Crippen LogP contribution in [-0.2, 0) is 0 Å². The summed E-state index contributed by atoms with van der Waals surface area (Å²) < 4.78 is 0. The molecule has 1 saturated carbocycles. The van der Waals surface area contributed by atoms with E-state index in [-0.39, 0.29) is 0 Å². The molecule has 0 aromatic carbocycles. The van der Waals surface area contributed by atoms with Crippen LogP contribution in [0.2, 0.25) is 0 Å². The molecule has 0 bridgehead atoms. The molecule has 20 heavy (non-hydrogen) atoms. The molecule has 5 nitrogen and oxygen atoms in total. The molecule has 2 N–H and O–H groups in total. The van der Waals surface area contributed by atoms with E-state index in [0.29, 0.717) is 12.0 Å². The molecule has 1 fully saturated rings. The van der Waals surface area contributed by atoms with Crippen molar-refractivity contribution in [1.29, 1.82) is 0 Å². The van der Waals surface area contributed by atoms with Gasteiger partial charge in [0.15, 0.2) is 0 Å². The van der Waals surface area contributed by atoms with Crippen molar-refractivity contribution < 1.29 is 0 Å². The van der Waals surface area contributed by atoms with Crippen molar-refractivity contribution in [3.05, 3.63) is 11.8 Å². The standard InChI is InChI=1S/C15H27N5/c1-11(2)17-14-10-13(12-6-7-12)18-15(19-14)16-8-5-9-20(3)4/h10-12H,5-9H2,1-4H3,(H2,16,17,18,19). The fraction of sp³-hybridized carbons (Fsp3) is 0.733. The Kier molecular flexibility index (Phi) is 5.17. The van der Waals surface area contributed by atoms with Crippen molar-refractivity contribution in [3.63, 3.8) is 0 Å². The molecular formula is C15H27N5. The van der Waals surface area contributed by atoms with Gasteiger partial charge in [0, 0.05) is 24.6 Å². The zero-order valence-electron chi connectivity index (χ0n) is 13.1. The van der Waals surface area contributed by atoms with E-state index in [1.54, 1.807) is 0 Å². The molecule has 0 unspecified atom stereocenters. The summed E-state index contributed by atoms with van der Waals surface area (Å²) in [5.41, 5.74) is 1.18. The Bertz CT molecular complexity index is 426. The molecule has 1 heterocycles. The van der Waals surface area contributed by atoms with Gasteiger partial charge in [0.1, 0.15) is 5.82 Å². The molecule has 0 spiro atoms. The largest absolute Gasteiger partial charge is 0.368 e. The van der Waals surface area contributed by atoms with E-state index in [1.165, 1.54) is 18.5 Å². The van der Waals surface area contributed by atoms with E-state index in [9.17, 15) is 0 Å². The smallest absolute Gasteiger partial charge is 0.224 e. The van der Waals surface area contributed by atoms with E-state index < -0.39 is 0 Å². The molecule has 0 aliphatic heterocycles. The van der Waals surface area contributed by atoms with Gasteiger partial charge in [-0.1, -0.05) is 0 Å². The van der Waals surface area contributed by atoms with Crippen LogP contribution in [0.3, 0.4) is 0 Å². The molecule has 112 valence electrons. The van der Waals surface area contributed by atoms with Crippen LogP contribution in [0.15, 0.2) is 6.07 Å². The minimum atomic E-state index is 0.388. The third-order valence-corrected chi connectivity index (χ3v) is 3.24. The lowest BCUT2D eigenvalue weighted by molar-refractivity contribution is 0.405. The average Bonchev–Trinajstić information content (AvgIpc) is 3.17. The number of hydrogen-bond acceptors (Lipinski definition) is 5. The summed E-state index contributed by atoms with van der Waals surface area (Å²) in [5.74, 6) is 2.34. The summed E-state index contributed by atoms with van der Waals surface area (Å²) in [5, 5.41) is 6.73. The molecule has 0 radical (unpaired) electrons. The van der Waals surface area contributed by atoms with E-state index in [1.807, 2.05) is 0 Å². The predicted octanol–water partition coefficient (Wildman–Crippen LogP) is 2.54. The Labute approximate surface area is 122 Å². The van der Waals surface area contributed by atoms with Crippen molar-refractivity contribution in [2.45, 2.75) is 45.1 Å². The van der Waals surface area contributed by atoms with Gasteiger partial charge >= 0.3 is 0 Å². The maximum atomic E-state index is 4.64. The summed E-state index contributed by atoms with van der Waals surface area (Å²) in [6.45, 7) is 6.24. The van der Waals surface area contributed by atoms with E-state index in [4.69, 9.17) is 0 Å². The van der Waals surface area contributed by atoms with Gasteiger partial charge < -0.3 is 15.5 Å². The molecule has 5 heteroatoms. The Morgan fingerprint density at radius 1 is 1.30 bits per heavy atom. The minimum absolute atomic E-state index is 0.388. The summed E-state index contributed by atoms with van der Waals surface area (Å²) in [7, 11) is 4.18. The zero-order chi connectivity index (χ0) is 14.5. The van der Waals surface area contributed by atoms with Crippen LogP contribution in [-0.4, -0.2) is 48.1 Å². The van der Waals surface area contributed by atoms with Crippen LogP contribution in [0.5, 0.6) is 0 Å². The van der Waals surface area contributed by atoms with Crippen LogP contribution in [0, 0.1) is 0 Å². The van der Waals surface area contributed by atoms with Crippen LogP contribution < -0.4 is 10.6 Å². The molecule has 1 aliphatic carbocycles. The van der Waals surface area contributed by atoms with Gasteiger partial charge in [0.05, 0.1) is 5.69 Å². The molecule has 2 rings (SSSR count). The first-order valence-electron chi connectivity index (χ1n) is 7.58. The zero-order valence-corrected chi connectivity index (χ0v) is 13.1.